The van der Waals surface area contributed by atoms with E-state index in [9.17, 15) is 4.79 Å². The number of hydrogen-bond donors (Lipinski definition) is 2. The van der Waals surface area contributed by atoms with Crippen molar-refractivity contribution < 1.29 is 9.90 Å². The minimum atomic E-state index is -0.190. The van der Waals surface area contributed by atoms with E-state index < -0.39 is 0 Å². The molecule has 0 aliphatic carbocycles. The number of carbonyl (C=O) groups excluding carboxylic acids is 1. The number of anilines is 1. The average Bonchev–Trinajstić information content (AvgIpc) is 2.94. The van der Waals surface area contributed by atoms with Gasteiger partial charge in [-0.05, 0) is 44.7 Å². The molecule has 0 bridgehead atoms. The summed E-state index contributed by atoms with van der Waals surface area (Å²) in [6, 6.07) is 4.00. The van der Waals surface area contributed by atoms with E-state index in [1.165, 1.54) is 0 Å². The monoisotopic (exact) mass is 278 g/mol. The molecule has 0 radical (unpaired) electrons. The number of aromatic nitrogens is 2. The van der Waals surface area contributed by atoms with Crippen LogP contribution in [0.1, 0.15) is 43.1 Å². The van der Waals surface area contributed by atoms with Crippen LogP contribution in [0.2, 0.25) is 0 Å². The first-order valence-corrected chi connectivity index (χ1v) is 7.25. The van der Waals surface area contributed by atoms with Crippen LogP contribution in [0.5, 0.6) is 0 Å². The van der Waals surface area contributed by atoms with E-state index in [1.54, 1.807) is 6.07 Å². The van der Waals surface area contributed by atoms with Gasteiger partial charge in [-0.25, -0.2) is 0 Å². The summed E-state index contributed by atoms with van der Waals surface area (Å²) in [5.41, 5.74) is 0.349. The smallest absolute Gasteiger partial charge is 0.271 e. The number of aliphatic hydroxyl groups excluding tert-OH is 1. The first-order valence-electron chi connectivity index (χ1n) is 7.25. The molecule has 1 atom stereocenters. The van der Waals surface area contributed by atoms with Gasteiger partial charge in [0, 0.05) is 25.7 Å². The lowest BCUT2D eigenvalue weighted by Gasteiger charge is -2.25. The Morgan fingerprint density at radius 2 is 2.35 bits per heavy atom. The Labute approximate surface area is 119 Å². The highest BCUT2D eigenvalue weighted by Gasteiger charge is 2.25. The molecule has 2 rings (SSSR count). The number of hydrogen-bond acceptors (Lipinski definition) is 5. The van der Waals surface area contributed by atoms with Crippen LogP contribution in [0, 0.1) is 0 Å². The first kappa shape index (κ1) is 14.7. The largest absolute Gasteiger partial charge is 0.396 e. The van der Waals surface area contributed by atoms with E-state index in [1.807, 2.05) is 13.0 Å². The minimum absolute atomic E-state index is 0.190. The maximum absolute atomic E-state index is 11.6. The van der Waals surface area contributed by atoms with Crippen molar-refractivity contribution in [1.29, 1.82) is 0 Å². The molecule has 1 saturated heterocycles. The van der Waals surface area contributed by atoms with Crippen molar-refractivity contribution in [2.24, 2.45) is 0 Å². The van der Waals surface area contributed by atoms with Gasteiger partial charge < -0.3 is 15.3 Å². The number of aliphatic hydroxyl groups is 1. The highest BCUT2D eigenvalue weighted by Crippen LogP contribution is 2.26. The molecule has 1 aromatic rings. The van der Waals surface area contributed by atoms with Crippen LogP contribution in [0.4, 0.5) is 5.82 Å². The van der Waals surface area contributed by atoms with E-state index in [4.69, 9.17) is 5.11 Å². The maximum Gasteiger partial charge on any atom is 0.271 e. The molecule has 0 saturated carbocycles. The molecule has 1 fully saturated rings. The van der Waals surface area contributed by atoms with Gasteiger partial charge in [0.25, 0.3) is 5.91 Å². The molecule has 6 heteroatoms. The number of nitrogens with one attached hydrogen (secondary N) is 1. The lowest BCUT2D eigenvalue weighted by atomic mass is 10.1. The van der Waals surface area contributed by atoms with Crippen LogP contribution >= 0.6 is 0 Å². The van der Waals surface area contributed by atoms with Gasteiger partial charge in [-0.2, -0.15) is 0 Å². The summed E-state index contributed by atoms with van der Waals surface area (Å²) in [5.74, 6) is 0.628. The highest BCUT2D eigenvalue weighted by molar-refractivity contribution is 5.92. The number of amides is 1. The van der Waals surface area contributed by atoms with Crippen molar-refractivity contribution in [2.75, 3.05) is 24.6 Å². The van der Waals surface area contributed by atoms with E-state index in [0.717, 1.165) is 38.0 Å². The van der Waals surface area contributed by atoms with Crippen molar-refractivity contribution in [2.45, 2.75) is 38.6 Å². The van der Waals surface area contributed by atoms with Crippen LogP contribution < -0.4 is 10.2 Å². The second-order valence-corrected chi connectivity index (χ2v) is 4.99. The fraction of sp³-hybridized carbons (Fsp3) is 0.643. The van der Waals surface area contributed by atoms with Gasteiger partial charge in [-0.1, -0.05) is 0 Å². The summed E-state index contributed by atoms with van der Waals surface area (Å²) in [5, 5.41) is 19.8. The SMILES string of the molecule is CCNC(=O)c1ccc(N2CCCC2CCCO)nn1. The Morgan fingerprint density at radius 3 is 3.00 bits per heavy atom. The Bertz CT molecular complexity index is 435. The fourth-order valence-corrected chi connectivity index (χ4v) is 2.61. The van der Waals surface area contributed by atoms with Gasteiger partial charge in [-0.3, -0.25) is 4.79 Å². The van der Waals surface area contributed by atoms with Crippen molar-refractivity contribution in [1.82, 2.24) is 15.5 Å². The van der Waals surface area contributed by atoms with E-state index in [0.29, 0.717) is 18.3 Å². The quantitative estimate of drug-likeness (QED) is 0.810. The molecule has 1 aromatic heterocycles. The van der Waals surface area contributed by atoms with Gasteiger partial charge in [0.2, 0.25) is 0 Å². The van der Waals surface area contributed by atoms with Crippen LogP contribution in [-0.2, 0) is 0 Å². The Morgan fingerprint density at radius 1 is 1.50 bits per heavy atom. The normalized spacial score (nSPS) is 18.3. The summed E-state index contributed by atoms with van der Waals surface area (Å²) in [4.78, 5) is 13.9. The van der Waals surface area contributed by atoms with Crippen molar-refractivity contribution in [3.63, 3.8) is 0 Å². The number of nitrogens with zero attached hydrogens (tertiary/aromatic N) is 3. The molecule has 1 aliphatic heterocycles. The summed E-state index contributed by atoms with van der Waals surface area (Å²) >= 11 is 0. The number of carbonyl (C=O) groups is 1. The third-order valence-electron chi connectivity index (χ3n) is 3.59. The topological polar surface area (TPSA) is 78.4 Å². The fourth-order valence-electron chi connectivity index (χ4n) is 2.61. The van der Waals surface area contributed by atoms with Crippen LogP contribution in [-0.4, -0.2) is 46.9 Å². The molecule has 20 heavy (non-hydrogen) atoms. The summed E-state index contributed by atoms with van der Waals surface area (Å²) < 4.78 is 0. The first-order chi connectivity index (χ1) is 9.76. The Balaban J connectivity index is 2.03. The molecule has 6 nitrogen and oxygen atoms in total. The predicted octanol–water partition coefficient (Wildman–Crippen LogP) is 0.968. The maximum atomic E-state index is 11.6. The lowest BCUT2D eigenvalue weighted by Crippen LogP contribution is -2.31. The van der Waals surface area contributed by atoms with Crippen molar-refractivity contribution >= 4 is 11.7 Å². The third kappa shape index (κ3) is 3.45. The van der Waals surface area contributed by atoms with Gasteiger partial charge in [-0.15, -0.1) is 10.2 Å². The van der Waals surface area contributed by atoms with E-state index in [2.05, 4.69) is 20.4 Å². The molecular weight excluding hydrogens is 256 g/mol. The van der Waals surface area contributed by atoms with Crippen LogP contribution in [0.25, 0.3) is 0 Å². The molecule has 110 valence electrons. The minimum Gasteiger partial charge on any atom is -0.396 e. The van der Waals surface area contributed by atoms with Crippen LogP contribution in [0.15, 0.2) is 12.1 Å². The van der Waals surface area contributed by atoms with Gasteiger partial charge in [0.1, 0.15) is 0 Å². The second-order valence-electron chi connectivity index (χ2n) is 4.99. The molecule has 1 amide bonds. The van der Waals surface area contributed by atoms with E-state index in [-0.39, 0.29) is 12.5 Å². The Kier molecular flexibility index (Phi) is 5.29. The van der Waals surface area contributed by atoms with Gasteiger partial charge in [0.15, 0.2) is 11.5 Å². The third-order valence-corrected chi connectivity index (χ3v) is 3.59. The lowest BCUT2D eigenvalue weighted by molar-refractivity contribution is 0.0950. The zero-order chi connectivity index (χ0) is 14.4. The summed E-state index contributed by atoms with van der Waals surface area (Å²) in [7, 11) is 0. The zero-order valence-corrected chi connectivity index (χ0v) is 11.9. The average molecular weight is 278 g/mol. The predicted molar refractivity (Wildman–Crippen MR) is 76.7 cm³/mol. The van der Waals surface area contributed by atoms with Gasteiger partial charge >= 0.3 is 0 Å². The van der Waals surface area contributed by atoms with Crippen molar-refractivity contribution in [3.8, 4) is 0 Å². The Hall–Kier alpha value is -1.69. The summed E-state index contributed by atoms with van der Waals surface area (Å²) in [6.45, 7) is 3.64. The molecule has 0 aromatic carbocycles. The summed E-state index contributed by atoms with van der Waals surface area (Å²) in [6.07, 6.45) is 4.04. The molecule has 2 N–H and O–H groups in total. The molecule has 2 heterocycles. The standard InChI is InChI=1S/C14H22N4O2/c1-2-15-14(20)12-7-8-13(17-16-12)18-9-3-5-11(18)6-4-10-19/h7-8,11,19H,2-6,9-10H2,1H3,(H,15,20). The van der Waals surface area contributed by atoms with Gasteiger partial charge in [0.05, 0.1) is 0 Å². The van der Waals surface area contributed by atoms with E-state index >= 15 is 0 Å². The molecule has 1 unspecified atom stereocenters. The molecule has 1 aliphatic rings. The van der Waals surface area contributed by atoms with Crippen LogP contribution in [0.3, 0.4) is 0 Å². The highest BCUT2D eigenvalue weighted by atomic mass is 16.3. The number of rotatable bonds is 6. The molecular formula is C14H22N4O2. The zero-order valence-electron chi connectivity index (χ0n) is 11.9. The van der Waals surface area contributed by atoms with Crippen molar-refractivity contribution in [3.05, 3.63) is 17.8 Å². The molecule has 0 spiro atoms. The second kappa shape index (κ2) is 7.19.